The van der Waals surface area contributed by atoms with Crippen LogP contribution < -0.4 is 0 Å². The fourth-order valence-corrected chi connectivity index (χ4v) is 3.47. The smallest absolute Gasteiger partial charge is 0.150 e. The van der Waals surface area contributed by atoms with Crippen molar-refractivity contribution in [3.8, 4) is 10.6 Å². The Morgan fingerprint density at radius 1 is 1.28 bits per heavy atom. The zero-order chi connectivity index (χ0) is 12.5. The van der Waals surface area contributed by atoms with Gasteiger partial charge >= 0.3 is 0 Å². The number of carbonyl (C=O) groups is 1. The minimum absolute atomic E-state index is 0.330. The Hall–Kier alpha value is -1.55. The van der Waals surface area contributed by atoms with Gasteiger partial charge in [0.15, 0.2) is 6.29 Å². The molecule has 3 rings (SSSR count). The third-order valence-electron chi connectivity index (χ3n) is 3.22. The van der Waals surface area contributed by atoms with Gasteiger partial charge < -0.3 is 0 Å². The number of thiazole rings is 1. The fraction of sp³-hybridized carbons (Fsp3) is 0.286. The van der Waals surface area contributed by atoms with E-state index in [1.807, 2.05) is 0 Å². The van der Waals surface area contributed by atoms with Gasteiger partial charge in [-0.25, -0.2) is 9.37 Å². The number of aryl methyl sites for hydroxylation is 2. The quantitative estimate of drug-likeness (QED) is 0.772. The van der Waals surface area contributed by atoms with E-state index >= 15 is 0 Å². The number of nitrogens with zero attached hydrogens (tertiary/aromatic N) is 1. The van der Waals surface area contributed by atoms with Gasteiger partial charge in [-0.2, -0.15) is 0 Å². The van der Waals surface area contributed by atoms with Gasteiger partial charge in [0.25, 0.3) is 0 Å². The van der Waals surface area contributed by atoms with Crippen molar-refractivity contribution in [3.63, 3.8) is 0 Å². The molecule has 0 atom stereocenters. The van der Waals surface area contributed by atoms with E-state index in [0.717, 1.165) is 29.8 Å². The van der Waals surface area contributed by atoms with Crippen LogP contribution in [0.1, 0.15) is 33.8 Å². The average Bonchev–Trinajstić information content (AvgIpc) is 2.82. The SMILES string of the molecule is O=Cc1ccc(F)cc1-c1nc2c(s1)CCCC2. The minimum atomic E-state index is -0.330. The molecule has 1 aromatic carbocycles. The fourth-order valence-electron chi connectivity index (χ4n) is 2.28. The number of aldehydes is 1. The highest BCUT2D eigenvalue weighted by molar-refractivity contribution is 7.15. The summed E-state index contributed by atoms with van der Waals surface area (Å²) in [6.45, 7) is 0. The highest BCUT2D eigenvalue weighted by Crippen LogP contribution is 2.34. The van der Waals surface area contributed by atoms with Crippen LogP contribution in [0.4, 0.5) is 4.39 Å². The van der Waals surface area contributed by atoms with Gasteiger partial charge in [-0.3, -0.25) is 4.79 Å². The summed E-state index contributed by atoms with van der Waals surface area (Å²) in [7, 11) is 0. The number of hydrogen-bond acceptors (Lipinski definition) is 3. The van der Waals surface area contributed by atoms with E-state index in [9.17, 15) is 9.18 Å². The molecule has 1 heterocycles. The first kappa shape index (κ1) is 11.5. The molecule has 0 unspecified atom stereocenters. The Morgan fingerprint density at radius 2 is 2.11 bits per heavy atom. The molecular weight excluding hydrogens is 249 g/mol. The van der Waals surface area contributed by atoms with Gasteiger partial charge in [0.2, 0.25) is 0 Å². The van der Waals surface area contributed by atoms with Gasteiger partial charge in [0.05, 0.1) is 5.69 Å². The van der Waals surface area contributed by atoms with Gasteiger partial charge in [-0.1, -0.05) is 0 Å². The van der Waals surface area contributed by atoms with Crippen molar-refractivity contribution in [1.29, 1.82) is 0 Å². The predicted octanol–water partition coefficient (Wildman–Crippen LogP) is 3.64. The largest absolute Gasteiger partial charge is 0.298 e. The molecule has 0 fully saturated rings. The maximum Gasteiger partial charge on any atom is 0.150 e. The zero-order valence-corrected chi connectivity index (χ0v) is 10.6. The molecule has 0 radical (unpaired) electrons. The van der Waals surface area contributed by atoms with Crippen molar-refractivity contribution < 1.29 is 9.18 Å². The second-order valence-corrected chi connectivity index (χ2v) is 5.53. The lowest BCUT2D eigenvalue weighted by Crippen LogP contribution is -1.99. The van der Waals surface area contributed by atoms with Crippen LogP contribution in [0.3, 0.4) is 0 Å². The summed E-state index contributed by atoms with van der Waals surface area (Å²) in [4.78, 5) is 16.9. The van der Waals surface area contributed by atoms with Crippen LogP contribution in [0, 0.1) is 5.82 Å². The molecule has 0 spiro atoms. The number of hydrogen-bond donors (Lipinski definition) is 0. The van der Waals surface area contributed by atoms with Crippen LogP contribution in [0.2, 0.25) is 0 Å². The Kier molecular flexibility index (Phi) is 2.96. The lowest BCUT2D eigenvalue weighted by Gasteiger charge is -2.06. The summed E-state index contributed by atoms with van der Waals surface area (Å²) in [5.74, 6) is -0.330. The maximum atomic E-state index is 13.3. The number of aromatic nitrogens is 1. The van der Waals surface area contributed by atoms with Crippen molar-refractivity contribution in [2.75, 3.05) is 0 Å². The molecule has 92 valence electrons. The molecule has 0 aliphatic heterocycles. The van der Waals surface area contributed by atoms with Crippen molar-refractivity contribution in [3.05, 3.63) is 40.2 Å². The highest BCUT2D eigenvalue weighted by Gasteiger charge is 2.17. The molecule has 1 aromatic heterocycles. The van der Waals surface area contributed by atoms with Gasteiger partial charge in [0, 0.05) is 16.0 Å². The van der Waals surface area contributed by atoms with Gasteiger partial charge in [-0.15, -0.1) is 11.3 Å². The summed E-state index contributed by atoms with van der Waals surface area (Å²) in [6.07, 6.45) is 5.17. The normalized spacial score (nSPS) is 14.3. The summed E-state index contributed by atoms with van der Waals surface area (Å²) in [6, 6.07) is 4.22. The summed E-state index contributed by atoms with van der Waals surface area (Å²) < 4.78 is 13.3. The lowest BCUT2D eigenvalue weighted by atomic mass is 10.0. The van der Waals surface area contributed by atoms with Gasteiger partial charge in [0.1, 0.15) is 10.8 Å². The molecule has 0 bridgehead atoms. The molecule has 0 N–H and O–H groups in total. The summed E-state index contributed by atoms with van der Waals surface area (Å²) in [5.41, 5.74) is 2.24. The molecular formula is C14H12FNOS. The Balaban J connectivity index is 2.11. The number of benzene rings is 1. The second kappa shape index (κ2) is 4.61. The summed E-state index contributed by atoms with van der Waals surface area (Å²) >= 11 is 1.59. The van der Waals surface area contributed by atoms with Crippen LogP contribution in [0.25, 0.3) is 10.6 Å². The molecule has 0 saturated heterocycles. The zero-order valence-electron chi connectivity index (χ0n) is 9.78. The van der Waals surface area contributed by atoms with E-state index < -0.39 is 0 Å². The first-order chi connectivity index (χ1) is 8.78. The Morgan fingerprint density at radius 3 is 2.89 bits per heavy atom. The molecule has 2 aromatic rings. The van der Waals surface area contributed by atoms with E-state index in [0.29, 0.717) is 11.1 Å². The number of halogens is 1. The van der Waals surface area contributed by atoms with Crippen LogP contribution in [0.15, 0.2) is 18.2 Å². The van der Waals surface area contributed by atoms with Crippen LogP contribution in [-0.4, -0.2) is 11.3 Å². The van der Waals surface area contributed by atoms with Crippen LogP contribution >= 0.6 is 11.3 Å². The minimum Gasteiger partial charge on any atom is -0.298 e. The van der Waals surface area contributed by atoms with E-state index in [2.05, 4.69) is 4.98 Å². The second-order valence-electron chi connectivity index (χ2n) is 4.45. The van der Waals surface area contributed by atoms with Crippen molar-refractivity contribution >= 4 is 17.6 Å². The first-order valence-corrected chi connectivity index (χ1v) is 6.83. The third-order valence-corrected chi connectivity index (χ3v) is 4.41. The molecule has 18 heavy (non-hydrogen) atoms. The maximum absolute atomic E-state index is 13.3. The molecule has 1 aliphatic carbocycles. The average molecular weight is 261 g/mol. The molecule has 4 heteroatoms. The standard InChI is InChI=1S/C14H12FNOS/c15-10-6-5-9(8-17)11(7-10)14-16-12-3-1-2-4-13(12)18-14/h5-8H,1-4H2. The number of rotatable bonds is 2. The Labute approximate surface area is 108 Å². The van der Waals surface area contributed by atoms with E-state index in [1.54, 1.807) is 11.3 Å². The monoisotopic (exact) mass is 261 g/mol. The van der Waals surface area contributed by atoms with Crippen molar-refractivity contribution in [2.45, 2.75) is 25.7 Å². The topological polar surface area (TPSA) is 30.0 Å². The highest BCUT2D eigenvalue weighted by atomic mass is 32.1. The number of carbonyl (C=O) groups excluding carboxylic acids is 1. The van der Waals surface area contributed by atoms with Gasteiger partial charge in [-0.05, 0) is 43.9 Å². The van der Waals surface area contributed by atoms with Crippen LogP contribution in [0.5, 0.6) is 0 Å². The van der Waals surface area contributed by atoms with Crippen LogP contribution in [-0.2, 0) is 12.8 Å². The third kappa shape index (κ3) is 1.97. The summed E-state index contributed by atoms with van der Waals surface area (Å²) in [5, 5.41) is 0.767. The Bertz CT molecular complexity index is 582. The van der Waals surface area contributed by atoms with E-state index in [4.69, 9.17) is 0 Å². The molecule has 0 saturated carbocycles. The van der Waals surface area contributed by atoms with E-state index in [1.165, 1.54) is 35.9 Å². The van der Waals surface area contributed by atoms with Crippen molar-refractivity contribution in [1.82, 2.24) is 4.98 Å². The lowest BCUT2D eigenvalue weighted by molar-refractivity contribution is 0.112. The predicted molar refractivity (Wildman–Crippen MR) is 69.5 cm³/mol. The van der Waals surface area contributed by atoms with Crippen molar-refractivity contribution in [2.24, 2.45) is 0 Å². The van der Waals surface area contributed by atoms with E-state index in [-0.39, 0.29) is 5.82 Å². The molecule has 0 amide bonds. The molecule has 1 aliphatic rings. The molecule has 2 nitrogen and oxygen atoms in total. The number of fused-ring (bicyclic) bond motifs is 1. The first-order valence-electron chi connectivity index (χ1n) is 6.01.